The molecule has 0 spiro atoms. The number of rotatable bonds is 6. The minimum absolute atomic E-state index is 0.0345. The van der Waals surface area contributed by atoms with Crippen molar-refractivity contribution in [1.82, 2.24) is 10.3 Å². The smallest absolute Gasteiger partial charge is 0.320 e. The lowest BCUT2D eigenvalue weighted by molar-refractivity contribution is -0.137. The molecule has 1 aliphatic rings. The van der Waals surface area contributed by atoms with Crippen LogP contribution in [-0.2, 0) is 9.53 Å². The number of anilines is 2. The van der Waals surface area contributed by atoms with E-state index in [1.54, 1.807) is 12.3 Å². The van der Waals surface area contributed by atoms with Gasteiger partial charge in [0.15, 0.2) is 0 Å². The molecular weight excluding hydrogens is 288 g/mol. The second kappa shape index (κ2) is 8.18. The molecule has 1 fully saturated rings. The standard InChI is InChI=1S/C14H20N4O4/c19-13(20)2-1-5-15-14(21)17-12-4-3-11(10-16-12)18-6-8-22-9-7-18/h3-4,10H,1-2,5-9H2,(H,19,20)(H2,15,16,17,21). The van der Waals surface area contributed by atoms with Gasteiger partial charge in [0.25, 0.3) is 0 Å². The molecule has 8 heteroatoms. The van der Waals surface area contributed by atoms with E-state index < -0.39 is 12.0 Å². The summed E-state index contributed by atoms with van der Waals surface area (Å²) in [6.07, 6.45) is 2.14. The summed E-state index contributed by atoms with van der Waals surface area (Å²) >= 11 is 0. The molecule has 0 atom stereocenters. The van der Waals surface area contributed by atoms with Gasteiger partial charge in [-0.1, -0.05) is 0 Å². The monoisotopic (exact) mass is 308 g/mol. The third-order valence-corrected chi connectivity index (χ3v) is 3.22. The van der Waals surface area contributed by atoms with Crippen LogP contribution in [0.2, 0.25) is 0 Å². The molecule has 1 aliphatic heterocycles. The van der Waals surface area contributed by atoms with Crippen LogP contribution < -0.4 is 15.5 Å². The van der Waals surface area contributed by atoms with E-state index in [0.29, 0.717) is 32.0 Å². The quantitative estimate of drug-likeness (QED) is 0.675. The van der Waals surface area contributed by atoms with Gasteiger partial charge in [0, 0.05) is 26.1 Å². The van der Waals surface area contributed by atoms with E-state index >= 15 is 0 Å². The summed E-state index contributed by atoms with van der Waals surface area (Å²) in [7, 11) is 0. The normalized spacial score (nSPS) is 14.5. The highest BCUT2D eigenvalue weighted by molar-refractivity contribution is 5.88. The summed E-state index contributed by atoms with van der Waals surface area (Å²) in [5, 5.41) is 13.7. The van der Waals surface area contributed by atoms with E-state index in [1.165, 1.54) is 0 Å². The number of pyridine rings is 1. The molecule has 0 bridgehead atoms. The molecular formula is C14H20N4O4. The van der Waals surface area contributed by atoms with Crippen LogP contribution in [0.1, 0.15) is 12.8 Å². The summed E-state index contributed by atoms with van der Waals surface area (Å²) in [4.78, 5) is 28.3. The molecule has 0 unspecified atom stereocenters. The van der Waals surface area contributed by atoms with Crippen LogP contribution in [0.25, 0.3) is 0 Å². The van der Waals surface area contributed by atoms with Gasteiger partial charge in [-0.2, -0.15) is 0 Å². The Bertz CT molecular complexity index is 500. The first-order valence-electron chi connectivity index (χ1n) is 7.20. The number of morpholine rings is 1. The van der Waals surface area contributed by atoms with Crippen molar-refractivity contribution in [2.24, 2.45) is 0 Å². The van der Waals surface area contributed by atoms with E-state index in [2.05, 4.69) is 20.5 Å². The van der Waals surface area contributed by atoms with Gasteiger partial charge in [-0.05, 0) is 18.6 Å². The number of carbonyl (C=O) groups is 2. The summed E-state index contributed by atoms with van der Waals surface area (Å²) in [5.74, 6) is -0.421. The fraction of sp³-hybridized carbons (Fsp3) is 0.500. The fourth-order valence-electron chi connectivity index (χ4n) is 2.07. The number of hydrogen-bond acceptors (Lipinski definition) is 5. The fourth-order valence-corrected chi connectivity index (χ4v) is 2.07. The van der Waals surface area contributed by atoms with Crippen LogP contribution >= 0.6 is 0 Å². The molecule has 1 aromatic heterocycles. The number of urea groups is 1. The van der Waals surface area contributed by atoms with Crippen molar-refractivity contribution in [2.45, 2.75) is 12.8 Å². The van der Waals surface area contributed by atoms with Gasteiger partial charge in [-0.15, -0.1) is 0 Å². The molecule has 8 nitrogen and oxygen atoms in total. The van der Waals surface area contributed by atoms with Gasteiger partial charge in [0.1, 0.15) is 5.82 Å². The maximum absolute atomic E-state index is 11.6. The van der Waals surface area contributed by atoms with E-state index in [-0.39, 0.29) is 6.42 Å². The van der Waals surface area contributed by atoms with Crippen LogP contribution in [0.5, 0.6) is 0 Å². The lowest BCUT2D eigenvalue weighted by Gasteiger charge is -2.28. The molecule has 22 heavy (non-hydrogen) atoms. The predicted octanol–water partition coefficient (Wildman–Crippen LogP) is 0.904. The Morgan fingerprint density at radius 1 is 1.32 bits per heavy atom. The van der Waals surface area contributed by atoms with Crippen molar-refractivity contribution in [3.8, 4) is 0 Å². The lowest BCUT2D eigenvalue weighted by atomic mass is 10.3. The van der Waals surface area contributed by atoms with E-state index in [1.807, 2.05) is 6.07 Å². The maximum Gasteiger partial charge on any atom is 0.320 e. The van der Waals surface area contributed by atoms with Gasteiger partial charge < -0.3 is 20.1 Å². The largest absolute Gasteiger partial charge is 0.481 e. The highest BCUT2D eigenvalue weighted by Gasteiger charge is 2.11. The molecule has 0 radical (unpaired) electrons. The summed E-state index contributed by atoms with van der Waals surface area (Å²) in [6.45, 7) is 3.39. The molecule has 120 valence electrons. The van der Waals surface area contributed by atoms with E-state index in [4.69, 9.17) is 9.84 Å². The van der Waals surface area contributed by atoms with E-state index in [0.717, 1.165) is 18.8 Å². The zero-order chi connectivity index (χ0) is 15.8. The molecule has 0 aromatic carbocycles. The Morgan fingerprint density at radius 2 is 2.09 bits per heavy atom. The van der Waals surface area contributed by atoms with Gasteiger partial charge in [-0.3, -0.25) is 10.1 Å². The molecule has 0 saturated carbocycles. The Balaban J connectivity index is 1.75. The number of carboxylic acid groups (broad SMARTS) is 1. The first kappa shape index (κ1) is 16.0. The second-order valence-electron chi connectivity index (χ2n) is 4.88. The average molecular weight is 308 g/mol. The number of carboxylic acids is 1. The van der Waals surface area contributed by atoms with Crippen molar-refractivity contribution in [3.63, 3.8) is 0 Å². The predicted molar refractivity (Wildman–Crippen MR) is 81.2 cm³/mol. The highest BCUT2D eigenvalue weighted by Crippen LogP contribution is 2.16. The van der Waals surface area contributed by atoms with Crippen molar-refractivity contribution in [3.05, 3.63) is 18.3 Å². The number of amides is 2. The molecule has 2 amide bonds. The Labute approximate surface area is 128 Å². The summed E-state index contributed by atoms with van der Waals surface area (Å²) in [6, 6.07) is 3.25. The zero-order valence-corrected chi connectivity index (χ0v) is 12.2. The number of ether oxygens (including phenoxy) is 1. The van der Waals surface area contributed by atoms with Crippen molar-refractivity contribution >= 4 is 23.5 Å². The summed E-state index contributed by atoms with van der Waals surface area (Å²) < 4.78 is 5.29. The maximum atomic E-state index is 11.6. The molecule has 1 aromatic rings. The third kappa shape index (κ3) is 5.21. The van der Waals surface area contributed by atoms with Gasteiger partial charge in [-0.25, -0.2) is 9.78 Å². The number of nitrogens with zero attached hydrogens (tertiary/aromatic N) is 2. The SMILES string of the molecule is O=C(O)CCCNC(=O)Nc1ccc(N2CCOCC2)cn1. The van der Waals surface area contributed by atoms with Crippen LogP contribution in [0.3, 0.4) is 0 Å². The van der Waals surface area contributed by atoms with E-state index in [9.17, 15) is 9.59 Å². The van der Waals surface area contributed by atoms with Gasteiger partial charge in [0.2, 0.25) is 0 Å². The van der Waals surface area contributed by atoms with Crippen molar-refractivity contribution < 1.29 is 19.4 Å². The number of carbonyl (C=O) groups excluding carboxylic acids is 1. The average Bonchev–Trinajstić information content (AvgIpc) is 2.53. The molecule has 2 heterocycles. The molecule has 0 aliphatic carbocycles. The zero-order valence-electron chi connectivity index (χ0n) is 12.2. The topological polar surface area (TPSA) is 104 Å². The molecule has 1 saturated heterocycles. The number of aliphatic carboxylic acids is 1. The number of nitrogens with one attached hydrogen (secondary N) is 2. The van der Waals surface area contributed by atoms with Crippen molar-refractivity contribution in [1.29, 1.82) is 0 Å². The van der Waals surface area contributed by atoms with Gasteiger partial charge in [0.05, 0.1) is 25.1 Å². The molecule has 3 N–H and O–H groups in total. The number of aromatic nitrogens is 1. The second-order valence-corrected chi connectivity index (χ2v) is 4.88. The van der Waals surface area contributed by atoms with Crippen molar-refractivity contribution in [2.75, 3.05) is 43.1 Å². The first-order valence-corrected chi connectivity index (χ1v) is 7.20. The lowest BCUT2D eigenvalue weighted by Crippen LogP contribution is -2.36. The van der Waals surface area contributed by atoms with Crippen LogP contribution in [-0.4, -0.2) is 54.9 Å². The molecule has 2 rings (SSSR count). The van der Waals surface area contributed by atoms with Gasteiger partial charge >= 0.3 is 12.0 Å². The minimum atomic E-state index is -0.873. The van der Waals surface area contributed by atoms with Crippen LogP contribution in [0.15, 0.2) is 18.3 Å². The minimum Gasteiger partial charge on any atom is -0.481 e. The third-order valence-electron chi connectivity index (χ3n) is 3.22. The Morgan fingerprint density at radius 3 is 2.73 bits per heavy atom. The van der Waals surface area contributed by atoms with Crippen LogP contribution in [0.4, 0.5) is 16.3 Å². The van der Waals surface area contributed by atoms with Crippen LogP contribution in [0, 0.1) is 0 Å². The Hall–Kier alpha value is -2.35. The Kier molecular flexibility index (Phi) is 5.96. The first-order chi connectivity index (χ1) is 10.6. The highest BCUT2D eigenvalue weighted by atomic mass is 16.5. The number of hydrogen-bond donors (Lipinski definition) is 3. The summed E-state index contributed by atoms with van der Waals surface area (Å²) in [5.41, 5.74) is 0.996.